The van der Waals surface area contributed by atoms with Crippen LogP contribution < -0.4 is 5.73 Å². The maximum atomic E-state index is 13.2. The first kappa shape index (κ1) is 18.2. The first-order valence-electron chi connectivity index (χ1n) is 5.98. The van der Waals surface area contributed by atoms with Crippen LogP contribution in [0, 0.1) is 5.82 Å². The molecule has 19 heavy (non-hydrogen) atoms. The quantitative estimate of drug-likeness (QED) is 0.610. The molecule has 2 N–H and O–H groups in total. The Hall–Kier alpha value is -0.810. The molecule has 0 fully saturated rings. The maximum Gasteiger partial charge on any atom is 0.416 e. The molecule has 0 saturated carbocycles. The van der Waals surface area contributed by atoms with Crippen LogP contribution in [-0.4, -0.2) is 0 Å². The van der Waals surface area contributed by atoms with Crippen molar-refractivity contribution in [1.29, 1.82) is 0 Å². The number of hydrogen-bond donors (Lipinski definition) is 1. The Morgan fingerprint density at radius 2 is 1.79 bits per heavy atom. The van der Waals surface area contributed by atoms with Crippen molar-refractivity contribution >= 4 is 12.4 Å². The molecule has 1 rings (SSSR count). The summed E-state index contributed by atoms with van der Waals surface area (Å²) < 4.78 is 50.7. The van der Waals surface area contributed by atoms with Gasteiger partial charge in [0.15, 0.2) is 0 Å². The molecule has 0 aliphatic heterocycles. The minimum atomic E-state index is -4.54. The number of alkyl halides is 3. The molecule has 1 atom stereocenters. The summed E-state index contributed by atoms with van der Waals surface area (Å²) in [6.45, 7) is 2.02. The maximum absolute atomic E-state index is 13.2. The second-order valence-corrected chi connectivity index (χ2v) is 4.37. The smallest absolute Gasteiger partial charge is 0.324 e. The highest BCUT2D eigenvalue weighted by molar-refractivity contribution is 5.85. The third-order valence-electron chi connectivity index (χ3n) is 2.79. The Morgan fingerprint density at radius 3 is 2.32 bits per heavy atom. The van der Waals surface area contributed by atoms with Gasteiger partial charge < -0.3 is 5.73 Å². The van der Waals surface area contributed by atoms with Crippen LogP contribution in [0.4, 0.5) is 17.6 Å². The number of unbranched alkanes of at least 4 members (excludes halogenated alkanes) is 2. The van der Waals surface area contributed by atoms with E-state index < -0.39 is 23.6 Å². The molecule has 0 spiro atoms. The predicted molar refractivity (Wildman–Crippen MR) is 69.7 cm³/mol. The SMILES string of the molecule is CCCCC[C@H](N)c1cc(F)cc(C(F)(F)F)c1.Cl. The Balaban J connectivity index is 0.00000324. The highest BCUT2D eigenvalue weighted by Gasteiger charge is 2.31. The van der Waals surface area contributed by atoms with Crippen LogP contribution in [0.25, 0.3) is 0 Å². The van der Waals surface area contributed by atoms with E-state index in [9.17, 15) is 17.6 Å². The fraction of sp³-hybridized carbons (Fsp3) is 0.538. The van der Waals surface area contributed by atoms with Gasteiger partial charge in [0.05, 0.1) is 5.56 Å². The van der Waals surface area contributed by atoms with Crippen molar-refractivity contribution in [2.24, 2.45) is 5.73 Å². The zero-order valence-electron chi connectivity index (χ0n) is 10.6. The second-order valence-electron chi connectivity index (χ2n) is 4.37. The summed E-state index contributed by atoms with van der Waals surface area (Å²) in [6, 6.07) is 1.95. The lowest BCUT2D eigenvalue weighted by Crippen LogP contribution is -2.13. The van der Waals surface area contributed by atoms with Gasteiger partial charge in [0.1, 0.15) is 5.82 Å². The molecule has 1 nitrogen and oxygen atoms in total. The van der Waals surface area contributed by atoms with E-state index >= 15 is 0 Å². The van der Waals surface area contributed by atoms with E-state index in [4.69, 9.17) is 5.73 Å². The van der Waals surface area contributed by atoms with Crippen LogP contribution in [0.3, 0.4) is 0 Å². The summed E-state index contributed by atoms with van der Waals surface area (Å²) >= 11 is 0. The molecule has 1 aromatic rings. The zero-order valence-corrected chi connectivity index (χ0v) is 11.5. The monoisotopic (exact) mass is 299 g/mol. The summed E-state index contributed by atoms with van der Waals surface area (Å²) in [5.41, 5.74) is 5.01. The highest BCUT2D eigenvalue weighted by atomic mass is 35.5. The summed E-state index contributed by atoms with van der Waals surface area (Å²) in [6.07, 6.45) is -1.18. The van der Waals surface area contributed by atoms with Crippen molar-refractivity contribution in [2.75, 3.05) is 0 Å². The van der Waals surface area contributed by atoms with Crippen molar-refractivity contribution < 1.29 is 17.6 Å². The van der Waals surface area contributed by atoms with Gasteiger partial charge >= 0.3 is 6.18 Å². The molecule has 0 unspecified atom stereocenters. The molecule has 0 bridgehead atoms. The van der Waals surface area contributed by atoms with Crippen LogP contribution in [0.1, 0.15) is 49.8 Å². The predicted octanol–water partition coefficient (Wildman–Crippen LogP) is 4.85. The van der Waals surface area contributed by atoms with E-state index in [2.05, 4.69) is 0 Å². The summed E-state index contributed by atoms with van der Waals surface area (Å²) in [4.78, 5) is 0. The van der Waals surface area contributed by atoms with Crippen molar-refractivity contribution in [2.45, 2.75) is 44.8 Å². The third kappa shape index (κ3) is 5.78. The van der Waals surface area contributed by atoms with Crippen molar-refractivity contribution in [3.8, 4) is 0 Å². The van der Waals surface area contributed by atoms with Gasteiger partial charge in [0.2, 0.25) is 0 Å². The van der Waals surface area contributed by atoms with E-state index in [0.717, 1.165) is 31.4 Å². The van der Waals surface area contributed by atoms with Crippen LogP contribution in [0.2, 0.25) is 0 Å². The van der Waals surface area contributed by atoms with E-state index in [1.807, 2.05) is 6.92 Å². The average molecular weight is 300 g/mol. The molecule has 0 heterocycles. The lowest BCUT2D eigenvalue weighted by Gasteiger charge is -2.14. The molecule has 0 aliphatic rings. The van der Waals surface area contributed by atoms with Crippen molar-refractivity contribution in [1.82, 2.24) is 0 Å². The Bertz CT molecular complexity index is 393. The first-order chi connectivity index (χ1) is 8.34. The summed E-state index contributed by atoms with van der Waals surface area (Å²) in [5, 5.41) is 0. The standard InChI is InChI=1S/C13H17F4N.ClH/c1-2-3-4-5-12(18)9-6-10(13(15,16)17)8-11(14)7-9;/h6-8,12H,2-5,18H2,1H3;1H/t12-;/m0./s1. The molecule has 6 heteroatoms. The lowest BCUT2D eigenvalue weighted by molar-refractivity contribution is -0.137. The Morgan fingerprint density at radius 1 is 1.16 bits per heavy atom. The number of hydrogen-bond acceptors (Lipinski definition) is 1. The summed E-state index contributed by atoms with van der Waals surface area (Å²) in [7, 11) is 0. The minimum Gasteiger partial charge on any atom is -0.324 e. The fourth-order valence-electron chi connectivity index (χ4n) is 1.77. The molecular weight excluding hydrogens is 282 g/mol. The van der Waals surface area contributed by atoms with Crippen molar-refractivity contribution in [3.63, 3.8) is 0 Å². The van der Waals surface area contributed by atoms with E-state index in [1.165, 1.54) is 0 Å². The molecule has 0 radical (unpaired) electrons. The largest absolute Gasteiger partial charge is 0.416 e. The Kier molecular flexibility index (Phi) is 7.37. The fourth-order valence-corrected chi connectivity index (χ4v) is 1.77. The molecular formula is C13H18ClF4N. The second kappa shape index (κ2) is 7.70. The number of benzene rings is 1. The molecule has 1 aromatic carbocycles. The highest BCUT2D eigenvalue weighted by Crippen LogP contribution is 2.32. The van der Waals surface area contributed by atoms with Crippen LogP contribution in [0.15, 0.2) is 18.2 Å². The normalized spacial score (nSPS) is 12.9. The van der Waals surface area contributed by atoms with Gasteiger partial charge in [-0.15, -0.1) is 12.4 Å². The molecule has 0 saturated heterocycles. The first-order valence-corrected chi connectivity index (χ1v) is 5.98. The van der Waals surface area contributed by atoms with Gasteiger partial charge in [0.25, 0.3) is 0 Å². The lowest BCUT2D eigenvalue weighted by atomic mass is 9.99. The molecule has 0 aromatic heterocycles. The number of nitrogens with two attached hydrogens (primary N) is 1. The minimum absolute atomic E-state index is 0. The van der Waals surface area contributed by atoms with E-state index in [0.29, 0.717) is 12.5 Å². The number of halogens is 5. The third-order valence-corrected chi connectivity index (χ3v) is 2.79. The van der Waals surface area contributed by atoms with Gasteiger partial charge in [-0.05, 0) is 30.2 Å². The molecule has 0 aliphatic carbocycles. The van der Waals surface area contributed by atoms with Crippen LogP contribution in [0.5, 0.6) is 0 Å². The molecule has 0 amide bonds. The van der Waals surface area contributed by atoms with Crippen LogP contribution in [-0.2, 0) is 6.18 Å². The van der Waals surface area contributed by atoms with E-state index in [-0.39, 0.29) is 18.0 Å². The van der Waals surface area contributed by atoms with Gasteiger partial charge in [-0.25, -0.2) is 4.39 Å². The summed E-state index contributed by atoms with van der Waals surface area (Å²) in [5.74, 6) is -0.897. The average Bonchev–Trinajstić information content (AvgIpc) is 2.27. The number of rotatable bonds is 5. The van der Waals surface area contributed by atoms with Gasteiger partial charge in [-0.1, -0.05) is 26.2 Å². The van der Waals surface area contributed by atoms with Crippen LogP contribution >= 0.6 is 12.4 Å². The topological polar surface area (TPSA) is 26.0 Å². The Labute approximate surface area is 116 Å². The van der Waals surface area contributed by atoms with E-state index in [1.54, 1.807) is 0 Å². The van der Waals surface area contributed by atoms with Gasteiger partial charge in [0, 0.05) is 6.04 Å². The van der Waals surface area contributed by atoms with Crippen molar-refractivity contribution in [3.05, 3.63) is 35.1 Å². The zero-order chi connectivity index (χ0) is 13.8. The molecule has 110 valence electrons. The van der Waals surface area contributed by atoms with Gasteiger partial charge in [-0.2, -0.15) is 13.2 Å². The van der Waals surface area contributed by atoms with Gasteiger partial charge in [-0.3, -0.25) is 0 Å².